The lowest BCUT2D eigenvalue weighted by Crippen LogP contribution is -2.37. The number of allylic oxidation sites excluding steroid dienone is 2. The smallest absolute Gasteiger partial charge is 0.306 e. The summed E-state index contributed by atoms with van der Waals surface area (Å²) < 4.78 is 33.7. The van der Waals surface area contributed by atoms with Gasteiger partial charge in [-0.3, -0.25) is 14.2 Å². The number of hydrogen-bond donors (Lipinski definition) is 0. The zero-order chi connectivity index (χ0) is 35.8. The molecule has 48 heavy (non-hydrogen) atoms. The molecule has 0 radical (unpaired) electrons. The largest absolute Gasteiger partial charge is 0.756 e. The van der Waals surface area contributed by atoms with Crippen LogP contribution in [-0.2, 0) is 32.7 Å². The second-order valence-electron chi connectivity index (χ2n) is 14.3. The minimum absolute atomic E-state index is 0.0298. The highest BCUT2D eigenvalue weighted by atomic mass is 31.2. The summed E-state index contributed by atoms with van der Waals surface area (Å²) in [5.41, 5.74) is 0. The molecule has 0 heterocycles. The summed E-state index contributed by atoms with van der Waals surface area (Å²) >= 11 is 0. The van der Waals surface area contributed by atoms with E-state index in [9.17, 15) is 19.0 Å². The normalized spacial score (nSPS) is 13.9. The lowest BCUT2D eigenvalue weighted by atomic mass is 10.1. The molecule has 0 aromatic rings. The van der Waals surface area contributed by atoms with E-state index in [1.165, 1.54) is 83.5 Å². The van der Waals surface area contributed by atoms with Crippen molar-refractivity contribution in [3.63, 3.8) is 0 Å². The summed E-state index contributed by atoms with van der Waals surface area (Å²) in [6, 6.07) is 0. The second kappa shape index (κ2) is 31.7. The van der Waals surface area contributed by atoms with Gasteiger partial charge in [-0.05, 0) is 38.5 Å². The van der Waals surface area contributed by atoms with E-state index < -0.39 is 26.5 Å². The number of likely N-dealkylation sites (N-methyl/N-ethyl adjacent to an activating group) is 1. The van der Waals surface area contributed by atoms with Crippen LogP contribution in [0.15, 0.2) is 12.2 Å². The molecule has 0 aromatic carbocycles. The number of nitrogens with zero attached hydrogens (tertiary/aromatic N) is 1. The molecule has 0 aliphatic heterocycles. The summed E-state index contributed by atoms with van der Waals surface area (Å²) in [5.74, 6) is -0.842. The average molecular weight is 704 g/mol. The maximum atomic E-state index is 12.6. The monoisotopic (exact) mass is 704 g/mol. The van der Waals surface area contributed by atoms with Crippen molar-refractivity contribution in [3.05, 3.63) is 12.2 Å². The second-order valence-corrected chi connectivity index (χ2v) is 15.7. The summed E-state index contributed by atoms with van der Waals surface area (Å²) in [5, 5.41) is 0. The van der Waals surface area contributed by atoms with Gasteiger partial charge in [0.1, 0.15) is 19.8 Å². The number of rotatable bonds is 35. The maximum Gasteiger partial charge on any atom is 0.306 e. The van der Waals surface area contributed by atoms with Crippen molar-refractivity contribution in [1.82, 2.24) is 0 Å². The molecule has 1 unspecified atom stereocenters. The number of phosphoric ester groups is 1. The molecular weight excluding hydrogens is 629 g/mol. The Morgan fingerprint density at radius 3 is 1.56 bits per heavy atom. The van der Waals surface area contributed by atoms with Crippen LogP contribution in [0.2, 0.25) is 0 Å². The van der Waals surface area contributed by atoms with Gasteiger partial charge in [0.2, 0.25) is 0 Å². The highest BCUT2D eigenvalue weighted by Crippen LogP contribution is 2.38. The molecule has 0 saturated carbocycles. The van der Waals surface area contributed by atoms with Crippen molar-refractivity contribution < 1.29 is 42.1 Å². The van der Waals surface area contributed by atoms with E-state index in [1.807, 2.05) is 21.1 Å². The van der Waals surface area contributed by atoms with E-state index in [2.05, 4.69) is 26.0 Å². The third-order valence-corrected chi connectivity index (χ3v) is 9.25. The first-order chi connectivity index (χ1) is 23.0. The van der Waals surface area contributed by atoms with E-state index in [1.54, 1.807) is 0 Å². The minimum Gasteiger partial charge on any atom is -0.756 e. The van der Waals surface area contributed by atoms with Crippen LogP contribution >= 0.6 is 7.82 Å². The van der Waals surface area contributed by atoms with Gasteiger partial charge in [-0.2, -0.15) is 0 Å². The molecule has 0 N–H and O–H groups in total. The maximum absolute atomic E-state index is 12.6. The van der Waals surface area contributed by atoms with E-state index in [0.717, 1.165) is 51.4 Å². The predicted octanol–water partition coefficient (Wildman–Crippen LogP) is 9.61. The van der Waals surface area contributed by atoms with Crippen molar-refractivity contribution in [1.29, 1.82) is 0 Å². The molecule has 0 amide bonds. The quantitative estimate of drug-likeness (QED) is 0.0211. The molecule has 0 aliphatic carbocycles. The van der Waals surface area contributed by atoms with Crippen LogP contribution in [0.1, 0.15) is 168 Å². The molecule has 2 atom stereocenters. The Morgan fingerprint density at radius 2 is 1.06 bits per heavy atom. The first-order valence-electron chi connectivity index (χ1n) is 19.4. The Morgan fingerprint density at radius 1 is 0.625 bits per heavy atom. The lowest BCUT2D eigenvalue weighted by Gasteiger charge is -2.28. The molecular formula is C38H74NO8P. The van der Waals surface area contributed by atoms with Crippen LogP contribution in [0.25, 0.3) is 0 Å². The number of hydrogen-bond acceptors (Lipinski definition) is 8. The van der Waals surface area contributed by atoms with E-state index in [4.69, 9.17) is 18.5 Å². The fourth-order valence-corrected chi connectivity index (χ4v) is 5.91. The van der Waals surface area contributed by atoms with E-state index in [-0.39, 0.29) is 32.0 Å². The standard InChI is InChI=1S/C38H74NO8P/c1-6-8-10-12-14-16-18-19-21-23-25-27-29-31-38(41)47-36(35-46-48(42,43)45-33-32-39(3,4)5)34-44-37(40)30-28-26-24-22-20-17-15-13-11-9-7-2/h16,18,36H,6-15,17,19-35H2,1-5H3/b18-16-/t36-/m1/s1. The Hall–Kier alpha value is -1.25. The molecule has 0 aliphatic rings. The molecule has 9 nitrogen and oxygen atoms in total. The van der Waals surface area contributed by atoms with Gasteiger partial charge < -0.3 is 27.9 Å². The third kappa shape index (κ3) is 34.6. The number of phosphoric acid groups is 1. The number of quaternary nitrogens is 1. The Labute approximate surface area is 295 Å². The van der Waals surface area contributed by atoms with Crippen LogP contribution in [0.3, 0.4) is 0 Å². The average Bonchev–Trinajstić information content (AvgIpc) is 3.02. The van der Waals surface area contributed by atoms with Gasteiger partial charge >= 0.3 is 11.9 Å². The zero-order valence-corrected chi connectivity index (χ0v) is 32.6. The number of unbranched alkanes of at least 4 members (excludes halogenated alkanes) is 19. The topological polar surface area (TPSA) is 111 Å². The van der Waals surface area contributed by atoms with E-state index >= 15 is 0 Å². The van der Waals surface area contributed by atoms with Gasteiger partial charge in [0, 0.05) is 12.8 Å². The molecule has 0 saturated heterocycles. The van der Waals surface area contributed by atoms with Gasteiger partial charge in [0.25, 0.3) is 7.82 Å². The molecule has 0 spiro atoms. The van der Waals surface area contributed by atoms with Crippen LogP contribution in [0, 0.1) is 0 Å². The van der Waals surface area contributed by atoms with Crippen LogP contribution in [-0.4, -0.2) is 70.0 Å². The number of carbonyl (C=O) groups excluding carboxylic acids is 2. The lowest BCUT2D eigenvalue weighted by molar-refractivity contribution is -0.870. The van der Waals surface area contributed by atoms with Crippen molar-refractivity contribution in [2.24, 2.45) is 0 Å². The summed E-state index contributed by atoms with van der Waals surface area (Å²) in [6.45, 7) is 4.18. The fourth-order valence-electron chi connectivity index (χ4n) is 5.18. The summed E-state index contributed by atoms with van der Waals surface area (Å²) in [4.78, 5) is 37.3. The van der Waals surface area contributed by atoms with Crippen molar-refractivity contribution in [3.8, 4) is 0 Å². The summed E-state index contributed by atoms with van der Waals surface area (Å²) in [7, 11) is 1.16. The minimum atomic E-state index is -4.61. The van der Waals surface area contributed by atoms with Gasteiger partial charge in [0.05, 0.1) is 27.7 Å². The Kier molecular flexibility index (Phi) is 30.9. The van der Waals surface area contributed by atoms with Crippen molar-refractivity contribution in [2.75, 3.05) is 47.5 Å². The van der Waals surface area contributed by atoms with Crippen molar-refractivity contribution >= 4 is 19.8 Å². The molecule has 0 bridgehead atoms. The van der Waals surface area contributed by atoms with Crippen LogP contribution in [0.5, 0.6) is 0 Å². The van der Waals surface area contributed by atoms with Gasteiger partial charge in [0.15, 0.2) is 6.10 Å². The first-order valence-corrected chi connectivity index (χ1v) is 20.9. The molecule has 284 valence electrons. The molecule has 0 aromatic heterocycles. The SMILES string of the molecule is CCCCCC/C=C\CCCCCCCC(=O)O[C@H](COC(=O)CCCCCCCCCCCCC)COP(=O)([O-])OCC[N+](C)(C)C. The molecule has 0 fully saturated rings. The number of ether oxygens (including phenoxy) is 2. The number of esters is 2. The highest BCUT2D eigenvalue weighted by Gasteiger charge is 2.21. The summed E-state index contributed by atoms with van der Waals surface area (Å²) in [6.07, 6.45) is 29.5. The molecule has 0 rings (SSSR count). The fraction of sp³-hybridized carbons (Fsp3) is 0.895. The zero-order valence-electron chi connectivity index (χ0n) is 31.7. The van der Waals surface area contributed by atoms with Crippen LogP contribution in [0.4, 0.5) is 0 Å². The first kappa shape index (κ1) is 46.8. The van der Waals surface area contributed by atoms with Crippen molar-refractivity contribution in [2.45, 2.75) is 174 Å². The highest BCUT2D eigenvalue weighted by molar-refractivity contribution is 7.45. The molecule has 10 heteroatoms. The Bertz CT molecular complexity index is 845. The Balaban J connectivity index is 4.44. The third-order valence-electron chi connectivity index (χ3n) is 8.29. The van der Waals surface area contributed by atoms with Gasteiger partial charge in [-0.1, -0.05) is 129 Å². The van der Waals surface area contributed by atoms with Gasteiger partial charge in [-0.25, -0.2) is 0 Å². The predicted molar refractivity (Wildman–Crippen MR) is 195 cm³/mol. The van der Waals surface area contributed by atoms with E-state index in [0.29, 0.717) is 17.4 Å². The van der Waals surface area contributed by atoms with Crippen LogP contribution < -0.4 is 4.89 Å². The van der Waals surface area contributed by atoms with Gasteiger partial charge in [-0.15, -0.1) is 0 Å². The number of carbonyl (C=O) groups is 2.